The van der Waals surface area contributed by atoms with E-state index in [1.54, 1.807) is 4.90 Å². The van der Waals surface area contributed by atoms with Crippen molar-refractivity contribution in [3.63, 3.8) is 0 Å². The molecule has 2 aliphatic heterocycles. The van der Waals surface area contributed by atoms with Crippen LogP contribution in [0.1, 0.15) is 16.8 Å². The van der Waals surface area contributed by atoms with Gasteiger partial charge in [0.2, 0.25) is 5.91 Å². The third-order valence-electron chi connectivity index (χ3n) is 4.62. The second kappa shape index (κ2) is 7.03. The van der Waals surface area contributed by atoms with Crippen LogP contribution in [0.15, 0.2) is 22.7 Å². The summed E-state index contributed by atoms with van der Waals surface area (Å²) in [4.78, 5) is 28.0. The van der Waals surface area contributed by atoms with E-state index < -0.39 is 27.5 Å². The third-order valence-corrected chi connectivity index (χ3v) is 6.88. The zero-order valence-corrected chi connectivity index (χ0v) is 15.9. The zero-order valence-electron chi connectivity index (χ0n) is 13.5. The molecule has 1 aromatic carbocycles. The largest absolute Gasteiger partial charge is 0.339 e. The lowest BCUT2D eigenvalue weighted by Gasteiger charge is -2.36. The average Bonchev–Trinajstić information content (AvgIpc) is 2.96. The lowest BCUT2D eigenvalue weighted by atomic mass is 10.1. The van der Waals surface area contributed by atoms with Crippen molar-refractivity contribution in [3.05, 3.63) is 34.1 Å². The van der Waals surface area contributed by atoms with Gasteiger partial charge in [-0.15, -0.1) is 0 Å². The number of hydrogen-bond acceptors (Lipinski definition) is 4. The van der Waals surface area contributed by atoms with Gasteiger partial charge in [0.05, 0.1) is 23.0 Å². The maximum atomic E-state index is 13.9. The quantitative estimate of drug-likeness (QED) is 0.705. The Hall–Kier alpha value is -1.48. The molecule has 1 aromatic rings. The number of hydrogen-bond donors (Lipinski definition) is 0. The van der Waals surface area contributed by atoms with Gasteiger partial charge in [-0.05, 0) is 24.6 Å². The van der Waals surface area contributed by atoms with Crippen LogP contribution in [-0.4, -0.2) is 67.7 Å². The molecule has 0 spiro atoms. The molecule has 0 aromatic heterocycles. The van der Waals surface area contributed by atoms with Gasteiger partial charge in [0.1, 0.15) is 5.82 Å². The first kappa shape index (κ1) is 18.3. The number of carbonyl (C=O) groups excluding carboxylic acids is 2. The molecule has 0 N–H and O–H groups in total. The van der Waals surface area contributed by atoms with Crippen molar-refractivity contribution in [2.75, 3.05) is 37.7 Å². The average molecular weight is 433 g/mol. The number of amides is 2. The topological polar surface area (TPSA) is 74.8 Å². The minimum atomic E-state index is -3.11. The van der Waals surface area contributed by atoms with Gasteiger partial charge in [0.15, 0.2) is 9.84 Å². The molecule has 2 heterocycles. The van der Waals surface area contributed by atoms with Crippen LogP contribution in [0.4, 0.5) is 4.39 Å². The van der Waals surface area contributed by atoms with Crippen LogP contribution in [-0.2, 0) is 14.6 Å². The summed E-state index contributed by atoms with van der Waals surface area (Å²) in [6.45, 7) is 1.26. The Morgan fingerprint density at radius 1 is 1.12 bits per heavy atom. The molecule has 3 rings (SSSR count). The molecular formula is C16H18BrFN2O4S. The first-order valence-electron chi connectivity index (χ1n) is 8.00. The Bertz CT molecular complexity index is 806. The van der Waals surface area contributed by atoms with Crippen molar-refractivity contribution in [2.24, 2.45) is 5.92 Å². The van der Waals surface area contributed by atoms with E-state index in [2.05, 4.69) is 15.9 Å². The first-order chi connectivity index (χ1) is 11.8. The molecule has 1 atom stereocenters. The van der Waals surface area contributed by atoms with Crippen LogP contribution in [0.5, 0.6) is 0 Å². The highest BCUT2D eigenvalue weighted by atomic mass is 79.9. The van der Waals surface area contributed by atoms with Gasteiger partial charge >= 0.3 is 0 Å². The fraction of sp³-hybridized carbons (Fsp3) is 0.500. The number of sulfone groups is 1. The Labute approximate surface area is 154 Å². The summed E-state index contributed by atoms with van der Waals surface area (Å²) in [5, 5.41) is 0. The normalized spacial score (nSPS) is 22.9. The summed E-state index contributed by atoms with van der Waals surface area (Å²) in [6, 6.07) is 4.20. The summed E-state index contributed by atoms with van der Waals surface area (Å²) in [7, 11) is -3.11. The first-order valence-corrected chi connectivity index (χ1v) is 10.6. The Balaban J connectivity index is 1.61. The molecule has 0 aliphatic carbocycles. The lowest BCUT2D eigenvalue weighted by Crippen LogP contribution is -2.52. The van der Waals surface area contributed by atoms with Crippen molar-refractivity contribution >= 4 is 37.6 Å². The minimum Gasteiger partial charge on any atom is -0.339 e. The summed E-state index contributed by atoms with van der Waals surface area (Å²) >= 11 is 3.22. The molecule has 2 saturated heterocycles. The maximum absolute atomic E-state index is 13.9. The predicted octanol–water partition coefficient (Wildman–Crippen LogP) is 1.31. The van der Waals surface area contributed by atoms with Crippen molar-refractivity contribution in [2.45, 2.75) is 6.42 Å². The standard InChI is InChI=1S/C16H18BrFN2O4S/c17-12-1-2-14(18)13(9-12)16(22)20-6-4-19(5-7-20)15(21)11-3-8-25(23,24)10-11/h1-2,9,11H,3-8,10H2/t11-/m1/s1. The molecule has 2 aliphatic rings. The van der Waals surface area contributed by atoms with Crippen LogP contribution in [0, 0.1) is 11.7 Å². The van der Waals surface area contributed by atoms with E-state index in [1.807, 2.05) is 0 Å². The van der Waals surface area contributed by atoms with Crippen molar-refractivity contribution in [3.8, 4) is 0 Å². The molecule has 6 nitrogen and oxygen atoms in total. The lowest BCUT2D eigenvalue weighted by molar-refractivity contribution is -0.136. The summed E-state index contributed by atoms with van der Waals surface area (Å²) in [6.07, 6.45) is 0.365. The van der Waals surface area contributed by atoms with E-state index in [1.165, 1.54) is 23.1 Å². The Kier molecular flexibility index (Phi) is 5.15. The number of rotatable bonds is 2. The number of halogens is 2. The van der Waals surface area contributed by atoms with Crippen LogP contribution in [0.3, 0.4) is 0 Å². The van der Waals surface area contributed by atoms with Crippen molar-refractivity contribution < 1.29 is 22.4 Å². The van der Waals surface area contributed by atoms with Gasteiger partial charge in [-0.3, -0.25) is 9.59 Å². The second-order valence-corrected chi connectivity index (χ2v) is 9.49. The van der Waals surface area contributed by atoms with Gasteiger partial charge in [0, 0.05) is 30.7 Å². The second-order valence-electron chi connectivity index (χ2n) is 6.34. The van der Waals surface area contributed by atoms with Crippen LogP contribution in [0.25, 0.3) is 0 Å². The highest BCUT2D eigenvalue weighted by Crippen LogP contribution is 2.22. The summed E-state index contributed by atoms with van der Waals surface area (Å²) in [5.74, 6) is -1.66. The molecule has 0 unspecified atom stereocenters. The van der Waals surface area contributed by atoms with Gasteiger partial charge in [-0.2, -0.15) is 0 Å². The Morgan fingerprint density at radius 2 is 1.76 bits per heavy atom. The molecule has 0 saturated carbocycles. The van der Waals surface area contributed by atoms with E-state index in [9.17, 15) is 22.4 Å². The van der Waals surface area contributed by atoms with E-state index in [4.69, 9.17) is 0 Å². The van der Waals surface area contributed by atoms with E-state index in [0.29, 0.717) is 37.1 Å². The van der Waals surface area contributed by atoms with Gasteiger partial charge in [-0.1, -0.05) is 15.9 Å². The molecule has 136 valence electrons. The predicted molar refractivity (Wildman–Crippen MR) is 93.3 cm³/mol. The SMILES string of the molecule is O=C(c1cc(Br)ccc1F)N1CCN(C(=O)[C@@H]2CCS(=O)(=O)C2)CC1. The number of carbonyl (C=O) groups is 2. The van der Waals surface area contributed by atoms with Crippen molar-refractivity contribution in [1.82, 2.24) is 9.80 Å². The fourth-order valence-corrected chi connectivity index (χ4v) is 5.30. The molecule has 0 radical (unpaired) electrons. The highest BCUT2D eigenvalue weighted by molar-refractivity contribution is 9.10. The van der Waals surface area contributed by atoms with E-state index in [-0.39, 0.29) is 23.0 Å². The van der Waals surface area contributed by atoms with Gasteiger partial charge in [0.25, 0.3) is 5.91 Å². The van der Waals surface area contributed by atoms with Crippen molar-refractivity contribution in [1.29, 1.82) is 0 Å². The zero-order chi connectivity index (χ0) is 18.2. The van der Waals surface area contributed by atoms with Crippen LogP contribution in [0.2, 0.25) is 0 Å². The summed E-state index contributed by atoms with van der Waals surface area (Å²) in [5.41, 5.74) is -0.00367. The van der Waals surface area contributed by atoms with Crippen LogP contribution < -0.4 is 0 Å². The van der Waals surface area contributed by atoms with E-state index >= 15 is 0 Å². The third kappa shape index (κ3) is 4.03. The number of benzene rings is 1. The highest BCUT2D eigenvalue weighted by Gasteiger charge is 2.36. The molecule has 0 bridgehead atoms. The molecule has 9 heteroatoms. The van der Waals surface area contributed by atoms with Gasteiger partial charge in [-0.25, -0.2) is 12.8 Å². The van der Waals surface area contributed by atoms with Crippen LogP contribution >= 0.6 is 15.9 Å². The molecule has 2 fully saturated rings. The summed E-state index contributed by atoms with van der Waals surface area (Å²) < 4.78 is 37.5. The fourth-order valence-electron chi connectivity index (χ4n) is 3.21. The molecule has 25 heavy (non-hydrogen) atoms. The van der Waals surface area contributed by atoms with Gasteiger partial charge < -0.3 is 9.80 Å². The van der Waals surface area contributed by atoms with E-state index in [0.717, 1.165) is 0 Å². The minimum absolute atomic E-state index is 0.00367. The monoisotopic (exact) mass is 432 g/mol. The smallest absolute Gasteiger partial charge is 0.256 e. The number of piperazine rings is 1. The number of nitrogens with zero attached hydrogens (tertiary/aromatic N) is 2. The molecule has 2 amide bonds. The maximum Gasteiger partial charge on any atom is 0.256 e. The Morgan fingerprint density at radius 3 is 2.36 bits per heavy atom. The molecular weight excluding hydrogens is 415 g/mol.